The molecular weight excluding hydrogens is 236 g/mol. The number of anilines is 1. The molecule has 0 saturated heterocycles. The number of amides is 2. The van der Waals surface area contributed by atoms with Crippen molar-refractivity contribution < 1.29 is 14.7 Å². The van der Waals surface area contributed by atoms with Crippen LogP contribution in [0.2, 0.25) is 0 Å². The maximum Gasteiger partial charge on any atom is 0.319 e. The number of carbonyl (C=O) groups excluding carboxylic acids is 1. The van der Waals surface area contributed by atoms with Gasteiger partial charge in [0.15, 0.2) is 0 Å². The van der Waals surface area contributed by atoms with Gasteiger partial charge in [-0.15, -0.1) is 0 Å². The zero-order chi connectivity index (χ0) is 13.0. The zero-order valence-corrected chi connectivity index (χ0v) is 9.67. The van der Waals surface area contributed by atoms with Crippen LogP contribution in [-0.2, 0) is 4.79 Å². The van der Waals surface area contributed by atoms with E-state index < -0.39 is 5.97 Å². The number of aromatic nitrogens is 2. The van der Waals surface area contributed by atoms with Crippen molar-refractivity contribution in [3.63, 3.8) is 0 Å². The van der Waals surface area contributed by atoms with Gasteiger partial charge in [0, 0.05) is 6.04 Å². The number of nitrogens with zero attached hydrogens (tertiary/aromatic N) is 2. The van der Waals surface area contributed by atoms with Crippen LogP contribution in [0.4, 0.5) is 10.5 Å². The molecule has 1 aliphatic carbocycles. The van der Waals surface area contributed by atoms with Crippen molar-refractivity contribution in [1.82, 2.24) is 15.3 Å². The molecule has 18 heavy (non-hydrogen) atoms. The Hall–Kier alpha value is -2.18. The highest BCUT2D eigenvalue weighted by Crippen LogP contribution is 2.25. The Labute approximate surface area is 104 Å². The molecule has 0 bridgehead atoms. The Kier molecular flexibility index (Phi) is 3.71. The Bertz CT molecular complexity index is 437. The second-order valence-corrected chi connectivity index (χ2v) is 4.27. The van der Waals surface area contributed by atoms with Crippen molar-refractivity contribution in [2.75, 3.05) is 5.32 Å². The normalized spacial score (nSPS) is 22.4. The number of urea groups is 1. The van der Waals surface area contributed by atoms with Gasteiger partial charge in [-0.25, -0.2) is 14.8 Å². The molecular formula is C11H14N4O3. The summed E-state index contributed by atoms with van der Waals surface area (Å²) < 4.78 is 0. The van der Waals surface area contributed by atoms with Crippen LogP contribution in [0.5, 0.6) is 0 Å². The van der Waals surface area contributed by atoms with Crippen molar-refractivity contribution in [2.24, 2.45) is 5.92 Å². The van der Waals surface area contributed by atoms with Gasteiger partial charge in [-0.1, -0.05) is 0 Å². The highest BCUT2D eigenvalue weighted by Gasteiger charge is 2.30. The highest BCUT2D eigenvalue weighted by molar-refractivity contribution is 5.89. The zero-order valence-electron chi connectivity index (χ0n) is 9.67. The largest absolute Gasteiger partial charge is 0.481 e. The summed E-state index contributed by atoms with van der Waals surface area (Å²) in [6.45, 7) is 0. The Morgan fingerprint density at radius 3 is 2.61 bits per heavy atom. The van der Waals surface area contributed by atoms with Crippen LogP contribution in [0, 0.1) is 5.92 Å². The summed E-state index contributed by atoms with van der Waals surface area (Å²) in [7, 11) is 0. The fourth-order valence-electron chi connectivity index (χ4n) is 2.05. The Morgan fingerprint density at radius 1 is 1.28 bits per heavy atom. The summed E-state index contributed by atoms with van der Waals surface area (Å²) in [6, 6.07) is -0.448. The van der Waals surface area contributed by atoms with Gasteiger partial charge >= 0.3 is 12.0 Å². The van der Waals surface area contributed by atoms with Gasteiger partial charge in [0.25, 0.3) is 0 Å². The lowest BCUT2D eigenvalue weighted by molar-refractivity contribution is -0.141. The predicted molar refractivity (Wildman–Crippen MR) is 63.0 cm³/mol. The molecule has 1 aromatic heterocycles. The number of hydrogen-bond donors (Lipinski definition) is 3. The molecule has 2 amide bonds. The monoisotopic (exact) mass is 250 g/mol. The average Bonchev–Trinajstić information content (AvgIpc) is 2.78. The molecule has 0 radical (unpaired) electrons. The third kappa shape index (κ3) is 3.16. The topological polar surface area (TPSA) is 104 Å². The molecule has 96 valence electrons. The van der Waals surface area contributed by atoms with Crippen molar-refractivity contribution in [2.45, 2.75) is 25.3 Å². The lowest BCUT2D eigenvalue weighted by Crippen LogP contribution is -2.36. The molecule has 1 aliphatic rings. The third-order valence-electron chi connectivity index (χ3n) is 2.94. The molecule has 2 unspecified atom stereocenters. The minimum atomic E-state index is -0.795. The molecule has 0 aliphatic heterocycles. The first-order valence-corrected chi connectivity index (χ1v) is 5.70. The molecule has 7 nitrogen and oxygen atoms in total. The maximum absolute atomic E-state index is 11.6. The third-order valence-corrected chi connectivity index (χ3v) is 2.94. The van der Waals surface area contributed by atoms with Crippen LogP contribution in [0.1, 0.15) is 19.3 Å². The molecule has 2 atom stereocenters. The Morgan fingerprint density at radius 2 is 2.00 bits per heavy atom. The molecule has 3 N–H and O–H groups in total. The van der Waals surface area contributed by atoms with Gasteiger partial charge in [-0.3, -0.25) is 4.79 Å². The van der Waals surface area contributed by atoms with Gasteiger partial charge < -0.3 is 15.7 Å². The number of aliphatic carboxylic acids is 1. The number of nitrogens with one attached hydrogen (secondary N) is 2. The number of hydrogen-bond acceptors (Lipinski definition) is 4. The van der Waals surface area contributed by atoms with E-state index in [4.69, 9.17) is 5.11 Å². The van der Waals surface area contributed by atoms with E-state index in [2.05, 4.69) is 20.6 Å². The van der Waals surface area contributed by atoms with Gasteiger partial charge in [0.2, 0.25) is 0 Å². The van der Waals surface area contributed by atoms with E-state index in [0.29, 0.717) is 24.9 Å². The highest BCUT2D eigenvalue weighted by atomic mass is 16.4. The van der Waals surface area contributed by atoms with E-state index in [9.17, 15) is 9.59 Å². The van der Waals surface area contributed by atoms with Gasteiger partial charge in [0.05, 0.1) is 24.0 Å². The molecule has 0 aromatic carbocycles. The number of carbonyl (C=O) groups is 2. The first-order valence-electron chi connectivity index (χ1n) is 5.70. The second-order valence-electron chi connectivity index (χ2n) is 4.27. The lowest BCUT2D eigenvalue weighted by atomic mass is 10.1. The molecule has 0 spiro atoms. The maximum atomic E-state index is 11.6. The average molecular weight is 250 g/mol. The molecule has 7 heteroatoms. The Balaban J connectivity index is 1.80. The van der Waals surface area contributed by atoms with Crippen LogP contribution in [0.3, 0.4) is 0 Å². The van der Waals surface area contributed by atoms with Gasteiger partial charge in [-0.05, 0) is 19.3 Å². The number of carboxylic acid groups (broad SMARTS) is 1. The molecule has 1 saturated carbocycles. The van der Waals surface area contributed by atoms with Crippen LogP contribution < -0.4 is 10.6 Å². The fraction of sp³-hybridized carbons (Fsp3) is 0.455. The summed E-state index contributed by atoms with van der Waals surface area (Å²) in [5, 5.41) is 14.2. The van der Waals surface area contributed by atoms with E-state index in [0.717, 1.165) is 0 Å². The minimum absolute atomic E-state index is 0.0873. The number of carboxylic acids is 1. The van der Waals surface area contributed by atoms with Crippen molar-refractivity contribution >= 4 is 17.7 Å². The smallest absolute Gasteiger partial charge is 0.319 e. The summed E-state index contributed by atoms with van der Waals surface area (Å²) >= 11 is 0. The van der Waals surface area contributed by atoms with Crippen LogP contribution in [0.25, 0.3) is 0 Å². The lowest BCUT2D eigenvalue weighted by Gasteiger charge is -2.12. The van der Waals surface area contributed by atoms with E-state index in [1.165, 1.54) is 18.7 Å². The summed E-state index contributed by atoms with van der Waals surface area (Å²) in [5.74, 6) is -1.15. The van der Waals surface area contributed by atoms with Crippen molar-refractivity contribution in [3.05, 3.63) is 18.7 Å². The predicted octanol–water partition coefficient (Wildman–Crippen LogP) is 0.851. The first-order chi connectivity index (χ1) is 8.65. The molecule has 1 fully saturated rings. The minimum Gasteiger partial charge on any atom is -0.481 e. The van der Waals surface area contributed by atoms with Gasteiger partial charge in [-0.2, -0.15) is 0 Å². The molecule has 1 aromatic rings. The number of rotatable bonds is 3. The van der Waals surface area contributed by atoms with E-state index in [1.54, 1.807) is 0 Å². The van der Waals surface area contributed by atoms with Crippen LogP contribution >= 0.6 is 0 Å². The van der Waals surface area contributed by atoms with Gasteiger partial charge in [0.1, 0.15) is 6.33 Å². The van der Waals surface area contributed by atoms with E-state index >= 15 is 0 Å². The van der Waals surface area contributed by atoms with E-state index in [-0.39, 0.29) is 18.0 Å². The second kappa shape index (κ2) is 5.44. The molecule has 1 heterocycles. The van der Waals surface area contributed by atoms with Crippen molar-refractivity contribution in [1.29, 1.82) is 0 Å². The van der Waals surface area contributed by atoms with E-state index in [1.807, 2.05) is 0 Å². The summed E-state index contributed by atoms with van der Waals surface area (Å²) in [6.07, 6.45) is 6.12. The summed E-state index contributed by atoms with van der Waals surface area (Å²) in [4.78, 5) is 29.9. The SMILES string of the molecule is O=C(Nc1cncnc1)NC1CCC(C(=O)O)C1. The van der Waals surface area contributed by atoms with Crippen molar-refractivity contribution in [3.8, 4) is 0 Å². The van der Waals surface area contributed by atoms with Crippen LogP contribution in [-0.4, -0.2) is 33.1 Å². The quantitative estimate of drug-likeness (QED) is 0.737. The first kappa shape index (κ1) is 12.3. The molecule has 2 rings (SSSR count). The standard InChI is InChI=1S/C11H14N4O3/c16-10(17)7-1-2-8(3-7)14-11(18)15-9-4-12-6-13-5-9/h4-8H,1-3H2,(H,16,17)(H2,14,15,18). The summed E-state index contributed by atoms with van der Waals surface area (Å²) in [5.41, 5.74) is 0.503. The van der Waals surface area contributed by atoms with Crippen LogP contribution in [0.15, 0.2) is 18.7 Å². The fourth-order valence-corrected chi connectivity index (χ4v) is 2.05.